The van der Waals surface area contributed by atoms with Gasteiger partial charge >= 0.3 is 5.97 Å². The molecule has 2 rings (SSSR count). The van der Waals surface area contributed by atoms with Crippen LogP contribution in [0.3, 0.4) is 0 Å². The van der Waals surface area contributed by atoms with Crippen LogP contribution in [0.5, 0.6) is 0 Å². The molecule has 1 aliphatic rings. The Labute approximate surface area is 117 Å². The lowest BCUT2D eigenvalue weighted by Crippen LogP contribution is -2.29. The number of carboxylic acid groups (broad SMARTS) is 1. The van der Waals surface area contributed by atoms with Gasteiger partial charge in [0.2, 0.25) is 0 Å². The first-order valence-corrected chi connectivity index (χ1v) is 6.65. The van der Waals surface area contributed by atoms with E-state index in [0.29, 0.717) is 12.3 Å². The normalized spacial score (nSPS) is 22.5. The topological polar surface area (TPSA) is 91.0 Å². The maximum absolute atomic E-state index is 12.3. The van der Waals surface area contributed by atoms with Crippen LogP contribution in [0.25, 0.3) is 0 Å². The third-order valence-corrected chi connectivity index (χ3v) is 3.85. The third-order valence-electron chi connectivity index (χ3n) is 3.85. The molecule has 0 unspecified atom stereocenters. The molecule has 0 aromatic carbocycles. The number of carbonyl (C=O) groups excluding carboxylic acids is 1. The molecule has 1 aliphatic heterocycles. The predicted molar refractivity (Wildman–Crippen MR) is 70.0 cm³/mol. The van der Waals surface area contributed by atoms with Crippen LogP contribution in [0.2, 0.25) is 0 Å². The third kappa shape index (κ3) is 2.70. The molecule has 2 N–H and O–H groups in total. The van der Waals surface area contributed by atoms with Gasteiger partial charge in [0.15, 0.2) is 5.76 Å². The Morgan fingerprint density at radius 2 is 2.10 bits per heavy atom. The van der Waals surface area contributed by atoms with Crippen molar-refractivity contribution in [2.45, 2.75) is 20.5 Å². The number of likely N-dealkylation sites (tertiary alicyclic amines) is 1. The summed E-state index contributed by atoms with van der Waals surface area (Å²) in [5.41, 5.74) is 0. The zero-order chi connectivity index (χ0) is 14.9. The minimum Gasteiger partial charge on any atom is -0.481 e. The molecule has 6 heteroatoms. The van der Waals surface area contributed by atoms with E-state index in [9.17, 15) is 14.7 Å². The van der Waals surface area contributed by atoms with Crippen LogP contribution in [-0.2, 0) is 11.4 Å². The number of rotatable bonds is 4. The molecule has 110 valence electrons. The van der Waals surface area contributed by atoms with Gasteiger partial charge in [-0.2, -0.15) is 0 Å². The van der Waals surface area contributed by atoms with Crippen LogP contribution in [0.1, 0.15) is 30.2 Å². The highest BCUT2D eigenvalue weighted by molar-refractivity contribution is 5.92. The maximum atomic E-state index is 12.3. The van der Waals surface area contributed by atoms with Crippen LogP contribution in [0.15, 0.2) is 16.5 Å². The van der Waals surface area contributed by atoms with Crippen molar-refractivity contribution in [2.75, 3.05) is 13.1 Å². The molecule has 0 saturated carbocycles. The second-order valence-electron chi connectivity index (χ2n) is 5.49. The number of aliphatic carboxylic acids is 1. The summed E-state index contributed by atoms with van der Waals surface area (Å²) < 4.78 is 5.21. The molecular formula is C14H19NO5. The minimum absolute atomic E-state index is 0.0521. The molecule has 2 heterocycles. The Morgan fingerprint density at radius 3 is 2.55 bits per heavy atom. The van der Waals surface area contributed by atoms with Crippen LogP contribution < -0.4 is 0 Å². The zero-order valence-electron chi connectivity index (χ0n) is 11.6. The molecule has 0 radical (unpaired) electrons. The number of hydrogen-bond acceptors (Lipinski definition) is 4. The molecular weight excluding hydrogens is 262 g/mol. The van der Waals surface area contributed by atoms with Crippen LogP contribution >= 0.6 is 0 Å². The highest BCUT2D eigenvalue weighted by Crippen LogP contribution is 2.31. The van der Waals surface area contributed by atoms with Gasteiger partial charge in [0.1, 0.15) is 12.4 Å². The van der Waals surface area contributed by atoms with Gasteiger partial charge < -0.3 is 19.5 Å². The second kappa shape index (κ2) is 5.66. The molecule has 6 nitrogen and oxygen atoms in total. The summed E-state index contributed by atoms with van der Waals surface area (Å²) in [5.74, 6) is -1.12. The standard InChI is InChI=1S/C14H19NO5/c1-8(2)10-5-15(6-11(10)14(18)19)13(17)12-4-3-9(7-16)20-12/h3-4,8,10-11,16H,5-7H2,1-2H3,(H,18,19)/t10-,11+/m0/s1. The summed E-state index contributed by atoms with van der Waals surface area (Å²) >= 11 is 0. The largest absolute Gasteiger partial charge is 0.481 e. The Balaban J connectivity index is 2.14. The smallest absolute Gasteiger partial charge is 0.308 e. The van der Waals surface area contributed by atoms with E-state index in [0.717, 1.165) is 0 Å². The number of amides is 1. The number of nitrogens with zero attached hydrogens (tertiary/aromatic N) is 1. The monoisotopic (exact) mass is 281 g/mol. The average Bonchev–Trinajstić information content (AvgIpc) is 3.04. The predicted octanol–water partition coefficient (Wildman–Crippen LogP) is 1.20. The number of furan rings is 1. The Bertz CT molecular complexity index is 507. The highest BCUT2D eigenvalue weighted by atomic mass is 16.4. The van der Waals surface area contributed by atoms with Crippen LogP contribution in [0, 0.1) is 17.8 Å². The molecule has 1 saturated heterocycles. The minimum atomic E-state index is -0.866. The first kappa shape index (κ1) is 14.6. The summed E-state index contributed by atoms with van der Waals surface area (Å²) in [6.07, 6.45) is 0. The van der Waals surface area contributed by atoms with E-state index in [-0.39, 0.29) is 36.7 Å². The fraction of sp³-hybridized carbons (Fsp3) is 0.571. The van der Waals surface area contributed by atoms with Crippen molar-refractivity contribution < 1.29 is 24.2 Å². The summed E-state index contributed by atoms with van der Waals surface area (Å²) in [7, 11) is 0. The van der Waals surface area contributed by atoms with Crippen molar-refractivity contribution in [3.63, 3.8) is 0 Å². The van der Waals surface area contributed by atoms with Gasteiger partial charge in [-0.25, -0.2) is 0 Å². The average molecular weight is 281 g/mol. The van der Waals surface area contributed by atoms with Crippen molar-refractivity contribution in [3.8, 4) is 0 Å². The van der Waals surface area contributed by atoms with Crippen molar-refractivity contribution in [3.05, 3.63) is 23.7 Å². The lowest BCUT2D eigenvalue weighted by atomic mass is 9.86. The van der Waals surface area contributed by atoms with Gasteiger partial charge in [-0.3, -0.25) is 9.59 Å². The van der Waals surface area contributed by atoms with Gasteiger partial charge in [0, 0.05) is 13.1 Å². The van der Waals surface area contributed by atoms with E-state index in [1.165, 1.54) is 17.0 Å². The van der Waals surface area contributed by atoms with Crippen LogP contribution in [0.4, 0.5) is 0 Å². The summed E-state index contributed by atoms with van der Waals surface area (Å²) in [6, 6.07) is 3.05. The second-order valence-corrected chi connectivity index (χ2v) is 5.49. The van der Waals surface area contributed by atoms with E-state index in [1.807, 2.05) is 13.8 Å². The first-order chi connectivity index (χ1) is 9.43. The van der Waals surface area contributed by atoms with E-state index >= 15 is 0 Å². The maximum Gasteiger partial charge on any atom is 0.308 e. The Hall–Kier alpha value is -1.82. The number of aliphatic hydroxyl groups is 1. The fourth-order valence-corrected chi connectivity index (χ4v) is 2.67. The quantitative estimate of drug-likeness (QED) is 0.865. The lowest BCUT2D eigenvalue weighted by Gasteiger charge is -2.18. The number of aliphatic hydroxyl groups excluding tert-OH is 1. The van der Waals surface area contributed by atoms with Crippen molar-refractivity contribution in [2.24, 2.45) is 17.8 Å². The Morgan fingerprint density at radius 1 is 1.40 bits per heavy atom. The van der Waals surface area contributed by atoms with Gasteiger partial charge in [-0.1, -0.05) is 13.8 Å². The SMILES string of the molecule is CC(C)[C@@H]1CN(C(=O)c2ccc(CO)o2)C[C@H]1C(=O)O. The summed E-state index contributed by atoms with van der Waals surface area (Å²) in [6.45, 7) is 4.28. The van der Waals surface area contributed by atoms with E-state index < -0.39 is 11.9 Å². The van der Waals surface area contributed by atoms with E-state index in [2.05, 4.69) is 0 Å². The molecule has 2 atom stereocenters. The number of hydrogen-bond donors (Lipinski definition) is 2. The molecule has 1 aromatic rings. The molecule has 0 aliphatic carbocycles. The molecule has 0 spiro atoms. The lowest BCUT2D eigenvalue weighted by molar-refractivity contribution is -0.142. The number of carboxylic acids is 1. The van der Waals surface area contributed by atoms with Crippen LogP contribution in [-0.4, -0.2) is 40.1 Å². The zero-order valence-corrected chi connectivity index (χ0v) is 11.6. The van der Waals surface area contributed by atoms with Crippen molar-refractivity contribution >= 4 is 11.9 Å². The van der Waals surface area contributed by atoms with E-state index in [1.54, 1.807) is 0 Å². The number of carbonyl (C=O) groups is 2. The summed E-state index contributed by atoms with van der Waals surface area (Å²) in [4.78, 5) is 25.1. The molecule has 1 aromatic heterocycles. The van der Waals surface area contributed by atoms with Crippen molar-refractivity contribution in [1.82, 2.24) is 4.90 Å². The molecule has 0 bridgehead atoms. The fourth-order valence-electron chi connectivity index (χ4n) is 2.67. The first-order valence-electron chi connectivity index (χ1n) is 6.65. The van der Waals surface area contributed by atoms with E-state index in [4.69, 9.17) is 9.52 Å². The van der Waals surface area contributed by atoms with Gasteiger partial charge in [-0.05, 0) is 24.0 Å². The highest BCUT2D eigenvalue weighted by Gasteiger charge is 2.41. The summed E-state index contributed by atoms with van der Waals surface area (Å²) in [5, 5.41) is 18.2. The van der Waals surface area contributed by atoms with Gasteiger partial charge in [0.25, 0.3) is 5.91 Å². The van der Waals surface area contributed by atoms with Crippen molar-refractivity contribution in [1.29, 1.82) is 0 Å². The molecule has 1 amide bonds. The molecule has 1 fully saturated rings. The van der Waals surface area contributed by atoms with Gasteiger partial charge in [-0.15, -0.1) is 0 Å². The Kier molecular flexibility index (Phi) is 4.13. The molecule has 20 heavy (non-hydrogen) atoms. The van der Waals surface area contributed by atoms with Gasteiger partial charge in [0.05, 0.1) is 5.92 Å².